The van der Waals surface area contributed by atoms with Crippen LogP contribution in [0.4, 0.5) is 13.2 Å². The zero-order valence-electron chi connectivity index (χ0n) is 11.4. The van der Waals surface area contributed by atoms with Gasteiger partial charge in [0.1, 0.15) is 10.7 Å². The standard InChI is InChI=1S/C12H10Cl2F3N3S2/c1-6-11(22-5-21-2)19-20(18-6)10-8(13)3-7(4-9(10)14)12(15,16)17/h3-4H,5H2,1-2H3. The van der Waals surface area contributed by atoms with Gasteiger partial charge in [0.2, 0.25) is 0 Å². The van der Waals surface area contributed by atoms with Crippen molar-refractivity contribution in [3.8, 4) is 5.69 Å². The third kappa shape index (κ3) is 3.84. The summed E-state index contributed by atoms with van der Waals surface area (Å²) in [6.07, 6.45) is -2.56. The summed E-state index contributed by atoms with van der Waals surface area (Å²) in [7, 11) is 0. The number of hydrogen-bond acceptors (Lipinski definition) is 4. The van der Waals surface area contributed by atoms with Crippen molar-refractivity contribution in [2.45, 2.75) is 18.1 Å². The number of rotatable bonds is 4. The molecule has 0 radical (unpaired) electrons. The Morgan fingerprint density at radius 3 is 2.27 bits per heavy atom. The Morgan fingerprint density at radius 1 is 1.18 bits per heavy atom. The third-order valence-corrected chi connectivity index (χ3v) is 5.24. The summed E-state index contributed by atoms with van der Waals surface area (Å²) in [6.45, 7) is 1.76. The summed E-state index contributed by atoms with van der Waals surface area (Å²) in [5.74, 6) is 0. The molecule has 0 spiro atoms. The van der Waals surface area contributed by atoms with Gasteiger partial charge in [0, 0.05) is 5.08 Å². The zero-order chi connectivity index (χ0) is 16.5. The topological polar surface area (TPSA) is 30.7 Å². The van der Waals surface area contributed by atoms with Crippen LogP contribution in [0.2, 0.25) is 10.0 Å². The highest BCUT2D eigenvalue weighted by atomic mass is 35.5. The van der Waals surface area contributed by atoms with E-state index >= 15 is 0 Å². The van der Waals surface area contributed by atoms with Crippen molar-refractivity contribution in [3.05, 3.63) is 33.4 Å². The molecular weight excluding hydrogens is 378 g/mol. The van der Waals surface area contributed by atoms with E-state index in [1.165, 1.54) is 16.6 Å². The largest absolute Gasteiger partial charge is 0.416 e. The summed E-state index contributed by atoms with van der Waals surface area (Å²) in [4.78, 5) is 1.17. The lowest BCUT2D eigenvalue weighted by molar-refractivity contribution is -0.137. The Kier molecular flexibility index (Phi) is 5.58. The lowest BCUT2D eigenvalue weighted by Crippen LogP contribution is -2.08. The minimum atomic E-state index is -4.52. The molecule has 0 saturated carbocycles. The molecule has 22 heavy (non-hydrogen) atoms. The van der Waals surface area contributed by atoms with Crippen LogP contribution in [0.1, 0.15) is 11.3 Å². The first-order valence-corrected chi connectivity index (χ1v) is 9.00. The minimum Gasteiger partial charge on any atom is -0.166 e. The molecule has 1 heterocycles. The van der Waals surface area contributed by atoms with Gasteiger partial charge in [-0.2, -0.15) is 30.0 Å². The monoisotopic (exact) mass is 387 g/mol. The number of aromatic nitrogens is 3. The van der Waals surface area contributed by atoms with Crippen LogP contribution in [-0.4, -0.2) is 26.3 Å². The van der Waals surface area contributed by atoms with Crippen molar-refractivity contribution in [2.75, 3.05) is 11.3 Å². The summed E-state index contributed by atoms with van der Waals surface area (Å²) in [5, 5.41) is 9.56. The Morgan fingerprint density at radius 2 is 1.77 bits per heavy atom. The van der Waals surface area contributed by atoms with E-state index in [-0.39, 0.29) is 15.7 Å². The number of thioether (sulfide) groups is 2. The molecule has 0 aliphatic carbocycles. The average Bonchev–Trinajstić information content (AvgIpc) is 2.75. The maximum atomic E-state index is 12.7. The summed E-state index contributed by atoms with van der Waals surface area (Å²) >= 11 is 15.0. The smallest absolute Gasteiger partial charge is 0.166 e. The van der Waals surface area contributed by atoms with Crippen molar-refractivity contribution in [1.29, 1.82) is 0 Å². The first kappa shape index (κ1) is 17.8. The van der Waals surface area contributed by atoms with E-state index in [9.17, 15) is 13.2 Å². The fourth-order valence-corrected chi connectivity index (χ4v) is 3.57. The Balaban J connectivity index is 2.45. The molecule has 0 aliphatic heterocycles. The fourth-order valence-electron chi connectivity index (χ4n) is 1.63. The second-order valence-electron chi connectivity index (χ2n) is 4.22. The van der Waals surface area contributed by atoms with Gasteiger partial charge in [-0.15, -0.1) is 9.90 Å². The molecule has 120 valence electrons. The first-order chi connectivity index (χ1) is 10.2. The van der Waals surface area contributed by atoms with Crippen molar-refractivity contribution >= 4 is 46.7 Å². The van der Waals surface area contributed by atoms with Gasteiger partial charge in [-0.3, -0.25) is 0 Å². The Labute approximate surface area is 143 Å². The first-order valence-electron chi connectivity index (χ1n) is 5.86. The van der Waals surface area contributed by atoms with Gasteiger partial charge < -0.3 is 0 Å². The van der Waals surface area contributed by atoms with E-state index in [1.54, 1.807) is 18.7 Å². The van der Waals surface area contributed by atoms with Gasteiger partial charge in [0.15, 0.2) is 0 Å². The lowest BCUT2D eigenvalue weighted by Gasteiger charge is -2.11. The SMILES string of the molecule is CSCSc1nn(-c2c(Cl)cc(C(F)(F)F)cc2Cl)nc1C. The number of benzene rings is 1. The maximum Gasteiger partial charge on any atom is 0.416 e. The van der Waals surface area contributed by atoms with Crippen molar-refractivity contribution in [2.24, 2.45) is 0 Å². The Bertz CT molecular complexity index is 666. The highest BCUT2D eigenvalue weighted by molar-refractivity contribution is 8.15. The zero-order valence-corrected chi connectivity index (χ0v) is 14.6. The van der Waals surface area contributed by atoms with Gasteiger partial charge in [0.25, 0.3) is 0 Å². The van der Waals surface area contributed by atoms with Gasteiger partial charge >= 0.3 is 6.18 Å². The van der Waals surface area contributed by atoms with E-state index in [4.69, 9.17) is 23.2 Å². The molecule has 3 nitrogen and oxygen atoms in total. The van der Waals surface area contributed by atoms with Crippen LogP contribution in [0.25, 0.3) is 5.69 Å². The highest BCUT2D eigenvalue weighted by Crippen LogP contribution is 2.37. The number of hydrogen-bond donors (Lipinski definition) is 0. The summed E-state index contributed by atoms with van der Waals surface area (Å²) in [5.41, 5.74) is -0.117. The van der Waals surface area contributed by atoms with Crippen LogP contribution in [0.15, 0.2) is 17.2 Å². The number of alkyl halides is 3. The van der Waals surface area contributed by atoms with Crippen LogP contribution in [-0.2, 0) is 6.18 Å². The molecule has 0 N–H and O–H groups in total. The second-order valence-corrected chi connectivity index (χ2v) is 7.23. The van der Waals surface area contributed by atoms with Crippen molar-refractivity contribution in [1.82, 2.24) is 15.0 Å². The lowest BCUT2D eigenvalue weighted by atomic mass is 10.2. The molecule has 2 aromatic rings. The van der Waals surface area contributed by atoms with E-state index in [1.807, 2.05) is 6.26 Å². The molecular formula is C12H10Cl2F3N3S2. The fraction of sp³-hybridized carbons (Fsp3) is 0.333. The molecule has 1 aromatic carbocycles. The molecule has 0 atom stereocenters. The second kappa shape index (κ2) is 6.90. The molecule has 0 fully saturated rings. The predicted octanol–water partition coefficient (Wildman–Crippen LogP) is 5.31. The molecule has 0 amide bonds. The predicted molar refractivity (Wildman–Crippen MR) is 85.4 cm³/mol. The van der Waals surface area contributed by atoms with Gasteiger partial charge in [-0.1, -0.05) is 35.0 Å². The number of nitrogens with zero attached hydrogens (tertiary/aromatic N) is 3. The normalized spacial score (nSPS) is 12.0. The average molecular weight is 388 g/mol. The van der Waals surface area contributed by atoms with E-state index in [0.717, 1.165) is 17.2 Å². The molecule has 0 bridgehead atoms. The van der Waals surface area contributed by atoms with Gasteiger partial charge in [-0.25, -0.2) is 0 Å². The molecule has 1 aromatic heterocycles. The van der Waals surface area contributed by atoms with Crippen LogP contribution < -0.4 is 0 Å². The summed E-state index contributed by atoms with van der Waals surface area (Å²) in [6, 6.07) is 1.63. The Hall–Kier alpha value is -0.570. The van der Waals surface area contributed by atoms with Crippen LogP contribution in [0, 0.1) is 6.92 Å². The highest BCUT2D eigenvalue weighted by Gasteiger charge is 2.32. The van der Waals surface area contributed by atoms with Crippen LogP contribution in [0.5, 0.6) is 0 Å². The molecule has 0 saturated heterocycles. The third-order valence-electron chi connectivity index (χ3n) is 2.60. The molecule has 0 aliphatic rings. The van der Waals surface area contributed by atoms with Crippen molar-refractivity contribution in [3.63, 3.8) is 0 Å². The van der Waals surface area contributed by atoms with E-state index in [0.29, 0.717) is 10.7 Å². The van der Waals surface area contributed by atoms with E-state index in [2.05, 4.69) is 10.2 Å². The number of aryl methyl sites for hydroxylation is 1. The quantitative estimate of drug-likeness (QED) is 0.524. The maximum absolute atomic E-state index is 12.7. The van der Waals surface area contributed by atoms with Gasteiger partial charge in [0.05, 0.1) is 21.3 Å². The van der Waals surface area contributed by atoms with Gasteiger partial charge in [-0.05, 0) is 25.3 Å². The molecule has 10 heteroatoms. The molecule has 2 rings (SSSR count). The molecule has 0 unspecified atom stereocenters. The minimum absolute atomic E-state index is 0.135. The van der Waals surface area contributed by atoms with E-state index < -0.39 is 11.7 Å². The van der Waals surface area contributed by atoms with Crippen molar-refractivity contribution < 1.29 is 13.2 Å². The summed E-state index contributed by atoms with van der Waals surface area (Å²) < 4.78 is 38.2. The van der Waals surface area contributed by atoms with Crippen LogP contribution in [0.3, 0.4) is 0 Å². The number of halogens is 5. The van der Waals surface area contributed by atoms with Crippen LogP contribution >= 0.6 is 46.7 Å².